The Morgan fingerprint density at radius 2 is 1.78 bits per heavy atom. The maximum atomic E-state index is 12.1. The maximum Gasteiger partial charge on any atom is 0.335 e. The lowest BCUT2D eigenvalue weighted by atomic mass is 10.1. The van der Waals surface area contributed by atoms with Crippen LogP contribution in [0.3, 0.4) is 0 Å². The van der Waals surface area contributed by atoms with Crippen molar-refractivity contribution in [1.82, 2.24) is 5.32 Å². The highest BCUT2D eigenvalue weighted by molar-refractivity contribution is 5.93. The lowest BCUT2D eigenvalue weighted by Gasteiger charge is -2.30. The number of carbonyl (C=O) groups excluding carboxylic acids is 1. The van der Waals surface area contributed by atoms with E-state index in [0.29, 0.717) is 24.5 Å². The van der Waals surface area contributed by atoms with Crippen LogP contribution >= 0.6 is 0 Å². The number of nitrogens with zero attached hydrogens (tertiary/aromatic N) is 2. The maximum absolute atomic E-state index is 12.1. The monoisotopic (exact) mass is 450 g/mol. The number of anilines is 2. The third-order valence-electron chi connectivity index (χ3n) is 4.95. The van der Waals surface area contributed by atoms with Crippen molar-refractivity contribution in [2.45, 2.75) is 18.6 Å². The van der Waals surface area contributed by atoms with Crippen LogP contribution in [0.2, 0.25) is 0 Å². The first kappa shape index (κ1) is 25.0. The van der Waals surface area contributed by atoms with Gasteiger partial charge in [0, 0.05) is 38.5 Å². The number of amides is 1. The molecule has 0 radical (unpaired) electrons. The number of benzene rings is 1. The lowest BCUT2D eigenvalue weighted by Crippen LogP contribution is -2.43. The molecule has 6 N–H and O–H groups in total. The minimum absolute atomic E-state index is 0.0312. The van der Waals surface area contributed by atoms with Gasteiger partial charge in [0.15, 0.2) is 12.2 Å². The molecule has 0 bridgehead atoms. The molecule has 2 aliphatic heterocycles. The van der Waals surface area contributed by atoms with Crippen molar-refractivity contribution in [1.29, 1.82) is 5.26 Å². The van der Waals surface area contributed by atoms with Crippen LogP contribution in [0.4, 0.5) is 11.4 Å². The zero-order valence-corrected chi connectivity index (χ0v) is 17.2. The summed E-state index contributed by atoms with van der Waals surface area (Å²) in [7, 11) is 0. The Labute approximate surface area is 184 Å². The van der Waals surface area contributed by atoms with Gasteiger partial charge in [-0.05, 0) is 24.6 Å². The number of piperazine rings is 1. The van der Waals surface area contributed by atoms with E-state index in [0.717, 1.165) is 38.3 Å². The number of nitriles is 1. The van der Waals surface area contributed by atoms with Gasteiger partial charge in [-0.25, -0.2) is 9.59 Å². The van der Waals surface area contributed by atoms with E-state index in [1.165, 1.54) is 0 Å². The van der Waals surface area contributed by atoms with E-state index in [1.54, 1.807) is 6.07 Å². The van der Waals surface area contributed by atoms with Gasteiger partial charge in [-0.15, -0.1) is 0 Å². The molecule has 1 aromatic rings. The molecular weight excluding hydrogens is 424 g/mol. The van der Waals surface area contributed by atoms with Crippen molar-refractivity contribution in [3.8, 4) is 6.07 Å². The van der Waals surface area contributed by atoms with Gasteiger partial charge in [0.05, 0.1) is 23.8 Å². The Morgan fingerprint density at radius 1 is 1.16 bits per heavy atom. The number of aliphatic carboxylic acids is 2. The Kier molecular flexibility index (Phi) is 9.36. The average Bonchev–Trinajstić information content (AvgIpc) is 3.34. The van der Waals surface area contributed by atoms with E-state index in [9.17, 15) is 19.6 Å². The number of carboxylic acids is 2. The predicted octanol–water partition coefficient (Wildman–Crippen LogP) is -1.18. The van der Waals surface area contributed by atoms with Crippen LogP contribution in [-0.2, 0) is 19.1 Å². The van der Waals surface area contributed by atoms with E-state index in [-0.39, 0.29) is 11.8 Å². The first-order valence-corrected chi connectivity index (χ1v) is 9.94. The molecule has 0 aromatic heterocycles. The number of ether oxygens (including phenoxy) is 1. The van der Waals surface area contributed by atoms with Gasteiger partial charge in [0.25, 0.3) is 0 Å². The topological polar surface area (TPSA) is 192 Å². The normalized spacial score (nSPS) is 19.7. The smallest absolute Gasteiger partial charge is 0.335 e. The van der Waals surface area contributed by atoms with Crippen molar-refractivity contribution in [3.05, 3.63) is 23.8 Å². The van der Waals surface area contributed by atoms with E-state index >= 15 is 0 Å². The molecule has 0 aliphatic carbocycles. The Hall–Kier alpha value is -3.24. The number of nitrogens with one attached hydrogen (secondary N) is 2. The summed E-state index contributed by atoms with van der Waals surface area (Å²) in [6, 6.07) is 7.78. The van der Waals surface area contributed by atoms with Crippen molar-refractivity contribution in [3.63, 3.8) is 0 Å². The molecule has 12 nitrogen and oxygen atoms in total. The predicted molar refractivity (Wildman–Crippen MR) is 111 cm³/mol. The summed E-state index contributed by atoms with van der Waals surface area (Å²) in [5.74, 6) is -3.65. The van der Waals surface area contributed by atoms with Crippen LogP contribution in [0.15, 0.2) is 18.2 Å². The highest BCUT2D eigenvalue weighted by Gasteiger charge is 2.29. The number of carbonyl (C=O) groups is 3. The van der Waals surface area contributed by atoms with Crippen molar-refractivity contribution >= 4 is 29.2 Å². The molecule has 3 atom stereocenters. The summed E-state index contributed by atoms with van der Waals surface area (Å²) >= 11 is 0. The largest absolute Gasteiger partial charge is 0.479 e. The highest BCUT2D eigenvalue weighted by Crippen LogP contribution is 2.25. The van der Waals surface area contributed by atoms with E-state index in [2.05, 4.69) is 21.6 Å². The quantitative estimate of drug-likeness (QED) is 0.305. The fourth-order valence-corrected chi connectivity index (χ4v) is 3.14. The molecule has 2 fully saturated rings. The van der Waals surface area contributed by atoms with Gasteiger partial charge < -0.3 is 40.7 Å². The van der Waals surface area contributed by atoms with Crippen LogP contribution < -0.4 is 15.5 Å². The molecule has 1 amide bonds. The zero-order chi connectivity index (χ0) is 23.7. The third-order valence-corrected chi connectivity index (χ3v) is 4.95. The summed E-state index contributed by atoms with van der Waals surface area (Å²) in [6.07, 6.45) is -3.77. The van der Waals surface area contributed by atoms with Gasteiger partial charge in [-0.2, -0.15) is 5.26 Å². The molecule has 0 spiro atoms. The molecule has 32 heavy (non-hydrogen) atoms. The van der Waals surface area contributed by atoms with Gasteiger partial charge >= 0.3 is 11.9 Å². The van der Waals surface area contributed by atoms with Crippen LogP contribution in [0.1, 0.15) is 12.0 Å². The molecule has 1 aromatic carbocycles. The molecule has 174 valence electrons. The van der Waals surface area contributed by atoms with Crippen LogP contribution in [-0.4, -0.2) is 89.9 Å². The van der Waals surface area contributed by atoms with Gasteiger partial charge in [0.1, 0.15) is 6.07 Å². The van der Waals surface area contributed by atoms with Crippen molar-refractivity contribution in [2.24, 2.45) is 5.92 Å². The molecule has 12 heteroatoms. The number of carboxylic acid groups (broad SMARTS) is 2. The molecule has 2 aliphatic rings. The van der Waals surface area contributed by atoms with Crippen LogP contribution in [0, 0.1) is 17.2 Å². The molecule has 1 unspecified atom stereocenters. The fourth-order valence-electron chi connectivity index (χ4n) is 3.14. The van der Waals surface area contributed by atoms with Crippen LogP contribution in [0.25, 0.3) is 0 Å². The number of hydrogen-bond acceptors (Lipinski definition) is 9. The zero-order valence-electron chi connectivity index (χ0n) is 17.2. The van der Waals surface area contributed by atoms with Crippen molar-refractivity contribution < 1.29 is 39.5 Å². The van der Waals surface area contributed by atoms with Crippen LogP contribution in [0.5, 0.6) is 0 Å². The number of rotatable bonds is 6. The number of aliphatic hydroxyl groups is 2. The first-order chi connectivity index (χ1) is 15.2. The molecular formula is C20H26N4O8. The third kappa shape index (κ3) is 6.89. The van der Waals surface area contributed by atoms with Crippen molar-refractivity contribution in [2.75, 3.05) is 49.6 Å². The van der Waals surface area contributed by atoms with Gasteiger partial charge in [0.2, 0.25) is 5.91 Å². The van der Waals surface area contributed by atoms with E-state index in [4.69, 9.17) is 25.2 Å². The second-order valence-electron chi connectivity index (χ2n) is 7.20. The minimum Gasteiger partial charge on any atom is -0.479 e. The number of hydrogen-bond donors (Lipinski definition) is 6. The summed E-state index contributed by atoms with van der Waals surface area (Å²) in [6.45, 7) is 4.74. The Bertz CT molecular complexity index is 842. The molecule has 2 saturated heterocycles. The molecule has 2 heterocycles. The average molecular weight is 450 g/mol. The summed E-state index contributed by atoms with van der Waals surface area (Å²) in [5, 5.41) is 48.1. The minimum atomic E-state index is -2.27. The van der Waals surface area contributed by atoms with E-state index in [1.807, 2.05) is 12.1 Å². The standard InChI is InChI=1S/C16H20N4O2.C4H6O6/c17-10-13-9-14(19-16(21)12-3-8-22-11-12)1-2-15(13)20-6-4-18-5-7-20;5-1(3(7)8)2(6)4(9)10/h1-2,9,12,18H,3-8,11H2,(H,19,21);1-2,5-6H,(H,7,8)(H,9,10)/t;1-,2-/m.0/s1. The second kappa shape index (κ2) is 12.0. The van der Waals surface area contributed by atoms with Gasteiger partial charge in [-0.1, -0.05) is 0 Å². The molecule has 3 rings (SSSR count). The summed E-state index contributed by atoms with van der Waals surface area (Å²) < 4.78 is 5.23. The second-order valence-corrected chi connectivity index (χ2v) is 7.20. The fraction of sp³-hybridized carbons (Fsp3) is 0.500. The highest BCUT2D eigenvalue weighted by atomic mass is 16.5. The summed E-state index contributed by atoms with van der Waals surface area (Å²) in [4.78, 5) is 33.9. The Balaban J connectivity index is 0.000000309. The van der Waals surface area contributed by atoms with E-state index < -0.39 is 24.1 Å². The molecule has 0 saturated carbocycles. The lowest BCUT2D eigenvalue weighted by molar-refractivity contribution is -0.165. The SMILES string of the molecule is N#Cc1cc(NC(=O)C2CCOC2)ccc1N1CCNCC1.O=C(O)[C@@H](O)[C@H](O)C(=O)O. The summed E-state index contributed by atoms with van der Waals surface area (Å²) in [5.41, 5.74) is 2.21. The Morgan fingerprint density at radius 3 is 2.28 bits per heavy atom. The van der Waals surface area contributed by atoms with Gasteiger partial charge in [-0.3, -0.25) is 4.79 Å². The first-order valence-electron chi connectivity index (χ1n) is 9.94. The number of aliphatic hydroxyl groups excluding tert-OH is 2.